The smallest absolute Gasteiger partial charge is 0.232 e. The van der Waals surface area contributed by atoms with E-state index in [0.29, 0.717) is 23.8 Å². The lowest BCUT2D eigenvalue weighted by Crippen LogP contribution is -2.32. The Hall–Kier alpha value is -1.56. The van der Waals surface area contributed by atoms with Gasteiger partial charge < -0.3 is 19.3 Å². The third-order valence-electron chi connectivity index (χ3n) is 3.26. The summed E-state index contributed by atoms with van der Waals surface area (Å²) in [6.07, 6.45) is 1.12. The summed E-state index contributed by atoms with van der Waals surface area (Å²) in [7, 11) is 7.39. The summed E-state index contributed by atoms with van der Waals surface area (Å²) in [6, 6.07) is 2.23. The summed E-state index contributed by atoms with van der Waals surface area (Å²) in [6.45, 7) is 1.89. The predicted molar refractivity (Wildman–Crippen MR) is 69.4 cm³/mol. The standard InChI is InChI=1S/C12H20N4O2/c1-15(2)9-5-6-16(8-9)12-13-10(17-3)7-11(14-12)18-4/h7,9H,5-6,8H2,1-4H3. The van der Waals surface area contributed by atoms with Gasteiger partial charge in [-0.2, -0.15) is 9.97 Å². The number of methoxy groups -OCH3 is 2. The minimum Gasteiger partial charge on any atom is -0.481 e. The van der Waals surface area contributed by atoms with Gasteiger partial charge in [0, 0.05) is 19.1 Å². The first-order valence-electron chi connectivity index (χ1n) is 6.02. The van der Waals surface area contributed by atoms with Gasteiger partial charge >= 0.3 is 0 Å². The Labute approximate surface area is 108 Å². The van der Waals surface area contributed by atoms with E-state index in [1.54, 1.807) is 20.3 Å². The highest BCUT2D eigenvalue weighted by Gasteiger charge is 2.26. The molecule has 2 heterocycles. The van der Waals surface area contributed by atoms with E-state index >= 15 is 0 Å². The van der Waals surface area contributed by atoms with Crippen molar-refractivity contribution in [3.05, 3.63) is 6.07 Å². The molecule has 0 spiro atoms. The molecule has 1 aromatic heterocycles. The number of hydrogen-bond acceptors (Lipinski definition) is 6. The van der Waals surface area contributed by atoms with Crippen molar-refractivity contribution in [3.63, 3.8) is 0 Å². The molecule has 1 unspecified atom stereocenters. The molecule has 1 fully saturated rings. The molecule has 0 aromatic carbocycles. The van der Waals surface area contributed by atoms with Gasteiger partial charge in [0.25, 0.3) is 0 Å². The van der Waals surface area contributed by atoms with Crippen molar-refractivity contribution in [2.45, 2.75) is 12.5 Å². The van der Waals surface area contributed by atoms with E-state index in [1.165, 1.54) is 0 Å². The molecule has 0 bridgehead atoms. The van der Waals surface area contributed by atoms with Crippen LogP contribution in [0, 0.1) is 0 Å². The molecule has 0 saturated carbocycles. The summed E-state index contributed by atoms with van der Waals surface area (Å²) < 4.78 is 10.3. The first-order valence-corrected chi connectivity index (χ1v) is 6.02. The van der Waals surface area contributed by atoms with Crippen LogP contribution in [0.25, 0.3) is 0 Å². The molecule has 1 aromatic rings. The Morgan fingerprint density at radius 2 is 1.83 bits per heavy atom. The highest BCUT2D eigenvalue weighted by molar-refractivity contribution is 5.38. The maximum Gasteiger partial charge on any atom is 0.232 e. The van der Waals surface area contributed by atoms with Crippen molar-refractivity contribution in [2.24, 2.45) is 0 Å². The van der Waals surface area contributed by atoms with E-state index in [9.17, 15) is 0 Å². The number of nitrogens with zero attached hydrogens (tertiary/aromatic N) is 4. The third kappa shape index (κ3) is 2.64. The predicted octanol–water partition coefficient (Wildman–Crippen LogP) is 0.634. The first kappa shape index (κ1) is 12.9. The molecular formula is C12H20N4O2. The van der Waals surface area contributed by atoms with Gasteiger partial charge in [-0.3, -0.25) is 0 Å². The van der Waals surface area contributed by atoms with E-state index in [4.69, 9.17) is 9.47 Å². The van der Waals surface area contributed by atoms with E-state index < -0.39 is 0 Å². The zero-order valence-electron chi connectivity index (χ0n) is 11.4. The van der Waals surface area contributed by atoms with Crippen LogP contribution >= 0.6 is 0 Å². The van der Waals surface area contributed by atoms with Crippen molar-refractivity contribution in [1.82, 2.24) is 14.9 Å². The molecule has 1 atom stereocenters. The summed E-state index contributed by atoms with van der Waals surface area (Å²) in [5.74, 6) is 1.74. The fraction of sp³-hybridized carbons (Fsp3) is 0.667. The average molecular weight is 252 g/mol. The zero-order valence-corrected chi connectivity index (χ0v) is 11.4. The second kappa shape index (κ2) is 5.39. The van der Waals surface area contributed by atoms with Crippen molar-refractivity contribution in [2.75, 3.05) is 46.3 Å². The van der Waals surface area contributed by atoms with Crippen LogP contribution in [0.3, 0.4) is 0 Å². The van der Waals surface area contributed by atoms with Gasteiger partial charge in [0.2, 0.25) is 17.7 Å². The van der Waals surface area contributed by atoms with E-state index in [-0.39, 0.29) is 0 Å². The molecule has 0 radical (unpaired) electrons. The molecule has 6 nitrogen and oxygen atoms in total. The maximum atomic E-state index is 5.16. The maximum absolute atomic E-state index is 5.16. The minimum atomic E-state index is 0.533. The van der Waals surface area contributed by atoms with Crippen LogP contribution in [0.5, 0.6) is 11.8 Å². The molecule has 1 aliphatic rings. The number of anilines is 1. The first-order chi connectivity index (χ1) is 8.63. The largest absolute Gasteiger partial charge is 0.481 e. The Morgan fingerprint density at radius 3 is 2.28 bits per heavy atom. The normalized spacial score (nSPS) is 19.4. The molecule has 18 heavy (non-hydrogen) atoms. The molecule has 0 N–H and O–H groups in total. The number of aromatic nitrogens is 2. The van der Waals surface area contributed by atoms with Crippen LogP contribution in [0.4, 0.5) is 5.95 Å². The van der Waals surface area contributed by atoms with Crippen molar-refractivity contribution in [1.29, 1.82) is 0 Å². The van der Waals surface area contributed by atoms with Gasteiger partial charge in [0.05, 0.1) is 20.3 Å². The van der Waals surface area contributed by atoms with Crippen LogP contribution in [0.2, 0.25) is 0 Å². The van der Waals surface area contributed by atoms with Gasteiger partial charge in [0.1, 0.15) is 0 Å². The van der Waals surface area contributed by atoms with Crippen LogP contribution in [-0.2, 0) is 0 Å². The molecular weight excluding hydrogens is 232 g/mol. The molecule has 1 saturated heterocycles. The van der Waals surface area contributed by atoms with Gasteiger partial charge in [0.15, 0.2) is 0 Å². The third-order valence-corrected chi connectivity index (χ3v) is 3.26. The van der Waals surface area contributed by atoms with Crippen LogP contribution in [-0.4, -0.2) is 62.3 Å². The highest BCUT2D eigenvalue weighted by atomic mass is 16.5. The second-order valence-corrected chi connectivity index (χ2v) is 4.60. The molecule has 2 rings (SSSR count). The summed E-state index contributed by atoms with van der Waals surface area (Å²) in [5.41, 5.74) is 0. The van der Waals surface area contributed by atoms with Gasteiger partial charge in [-0.25, -0.2) is 0 Å². The summed E-state index contributed by atoms with van der Waals surface area (Å²) in [4.78, 5) is 13.1. The lowest BCUT2D eigenvalue weighted by Gasteiger charge is -2.20. The van der Waals surface area contributed by atoms with Gasteiger partial charge in [-0.05, 0) is 20.5 Å². The Bertz CT molecular complexity index is 389. The van der Waals surface area contributed by atoms with Crippen molar-refractivity contribution >= 4 is 5.95 Å². The van der Waals surface area contributed by atoms with Crippen molar-refractivity contribution in [3.8, 4) is 11.8 Å². The van der Waals surface area contributed by atoms with Crippen LogP contribution in [0.15, 0.2) is 6.07 Å². The SMILES string of the molecule is COc1cc(OC)nc(N2CCC(N(C)C)C2)n1. The molecule has 1 aliphatic heterocycles. The average Bonchev–Trinajstić information content (AvgIpc) is 2.87. The van der Waals surface area contributed by atoms with Gasteiger partial charge in [-0.15, -0.1) is 0 Å². The van der Waals surface area contributed by atoms with E-state index in [2.05, 4.69) is 33.9 Å². The number of likely N-dealkylation sites (N-methyl/N-ethyl adjacent to an activating group) is 1. The molecule has 100 valence electrons. The number of rotatable bonds is 4. The summed E-state index contributed by atoms with van der Waals surface area (Å²) in [5, 5.41) is 0. The lowest BCUT2D eigenvalue weighted by atomic mass is 10.2. The fourth-order valence-corrected chi connectivity index (χ4v) is 2.09. The van der Waals surface area contributed by atoms with Crippen LogP contribution in [0.1, 0.15) is 6.42 Å². The van der Waals surface area contributed by atoms with Crippen LogP contribution < -0.4 is 14.4 Å². The minimum absolute atomic E-state index is 0.533. The Morgan fingerprint density at radius 1 is 1.22 bits per heavy atom. The van der Waals surface area contributed by atoms with E-state index in [1.807, 2.05) is 0 Å². The summed E-state index contributed by atoms with van der Waals surface area (Å²) >= 11 is 0. The second-order valence-electron chi connectivity index (χ2n) is 4.60. The molecule has 0 aliphatic carbocycles. The molecule has 0 amide bonds. The number of ether oxygens (including phenoxy) is 2. The highest BCUT2D eigenvalue weighted by Crippen LogP contribution is 2.24. The van der Waals surface area contributed by atoms with Crippen molar-refractivity contribution < 1.29 is 9.47 Å². The topological polar surface area (TPSA) is 50.7 Å². The quantitative estimate of drug-likeness (QED) is 0.783. The van der Waals surface area contributed by atoms with E-state index in [0.717, 1.165) is 19.5 Å². The Balaban J connectivity index is 2.18. The molecule has 6 heteroatoms. The fourth-order valence-electron chi connectivity index (χ4n) is 2.09. The number of hydrogen-bond donors (Lipinski definition) is 0. The Kier molecular flexibility index (Phi) is 3.86. The zero-order chi connectivity index (χ0) is 13.1. The van der Waals surface area contributed by atoms with Gasteiger partial charge in [-0.1, -0.05) is 0 Å². The lowest BCUT2D eigenvalue weighted by molar-refractivity contribution is 0.315. The monoisotopic (exact) mass is 252 g/mol.